The zero-order valence-electron chi connectivity index (χ0n) is 19.4. The van der Waals surface area contributed by atoms with Crippen molar-refractivity contribution in [2.24, 2.45) is 0 Å². The van der Waals surface area contributed by atoms with Crippen LogP contribution in [0.25, 0.3) is 0 Å². The minimum Gasteiger partial charge on any atom is -0.493 e. The van der Waals surface area contributed by atoms with Crippen molar-refractivity contribution in [3.63, 3.8) is 0 Å². The number of sulfone groups is 1. The van der Waals surface area contributed by atoms with Crippen molar-refractivity contribution in [3.05, 3.63) is 16.2 Å². The van der Waals surface area contributed by atoms with Crippen molar-refractivity contribution < 1.29 is 13.5 Å². The number of nitrogens with zero attached hydrogens (tertiary/aromatic N) is 2. The monoisotopic (exact) mass is 452 g/mol. The van der Waals surface area contributed by atoms with Crippen LogP contribution >= 0.6 is 0 Å². The molecule has 0 atom stereocenters. The van der Waals surface area contributed by atoms with E-state index in [1.807, 2.05) is 0 Å². The summed E-state index contributed by atoms with van der Waals surface area (Å²) in [7, 11) is -3.95. The molecule has 1 heterocycles. The Labute approximate surface area is 187 Å². The highest BCUT2D eigenvalue weighted by atomic mass is 32.2. The molecule has 3 rings (SSSR count). The minimum absolute atomic E-state index is 0.390. The molecule has 0 unspecified atom stereocenters. The van der Waals surface area contributed by atoms with Gasteiger partial charge in [-0.1, -0.05) is 77.0 Å². The smallest absolute Gasteiger partial charge is 0.295 e. The highest BCUT2D eigenvalue weighted by molar-refractivity contribution is 7.92. The topological polar surface area (TPSA) is 89.3 Å². The van der Waals surface area contributed by atoms with Gasteiger partial charge in [0.2, 0.25) is 5.88 Å². The quantitative estimate of drug-likeness (QED) is 0.665. The van der Waals surface area contributed by atoms with Crippen LogP contribution in [-0.4, -0.2) is 28.3 Å². The molecule has 2 saturated carbocycles. The summed E-state index contributed by atoms with van der Waals surface area (Å²) in [6.07, 6.45) is 15.5. The van der Waals surface area contributed by atoms with E-state index < -0.39 is 31.1 Å². The van der Waals surface area contributed by atoms with Crippen LogP contribution in [0.2, 0.25) is 0 Å². The summed E-state index contributed by atoms with van der Waals surface area (Å²) >= 11 is 0. The first-order valence-electron chi connectivity index (χ1n) is 12.3. The van der Waals surface area contributed by atoms with Gasteiger partial charge in [-0.3, -0.25) is 9.36 Å². The fourth-order valence-electron chi connectivity index (χ4n) is 5.63. The third kappa shape index (κ3) is 5.52. The standard InChI is InChI=1S/C24H40N2O4S/c1-19-25-22(27)21(31(29,30)20-15-11-7-3-4-8-12-16-20)23(28)26(19)24(2)17-13-9-5-6-10-14-18-24/h20,28H,3-18H2,1-2H3. The summed E-state index contributed by atoms with van der Waals surface area (Å²) < 4.78 is 28.9. The van der Waals surface area contributed by atoms with Crippen molar-refractivity contribution in [3.8, 4) is 5.88 Å². The molecule has 0 amide bonds. The number of aromatic nitrogens is 2. The summed E-state index contributed by atoms with van der Waals surface area (Å²) in [6, 6.07) is 0. The fourth-order valence-corrected chi connectivity index (χ4v) is 7.56. The number of aryl methyl sites for hydroxylation is 1. The third-order valence-corrected chi connectivity index (χ3v) is 9.72. The summed E-state index contributed by atoms with van der Waals surface area (Å²) in [6.45, 7) is 3.78. The number of aromatic hydroxyl groups is 1. The summed E-state index contributed by atoms with van der Waals surface area (Å²) in [5.41, 5.74) is -1.25. The Bertz CT molecular complexity index is 887. The van der Waals surface area contributed by atoms with Crippen molar-refractivity contribution in [1.82, 2.24) is 9.55 Å². The Morgan fingerprint density at radius 1 is 0.871 bits per heavy atom. The first-order valence-corrected chi connectivity index (χ1v) is 13.9. The molecule has 7 heteroatoms. The van der Waals surface area contributed by atoms with Crippen molar-refractivity contribution in [1.29, 1.82) is 0 Å². The summed E-state index contributed by atoms with van der Waals surface area (Å²) in [5.74, 6) is 0.0109. The van der Waals surface area contributed by atoms with Crippen LogP contribution < -0.4 is 5.56 Å². The molecule has 2 fully saturated rings. The highest BCUT2D eigenvalue weighted by Gasteiger charge is 2.38. The van der Waals surface area contributed by atoms with Gasteiger partial charge in [0.1, 0.15) is 5.82 Å². The van der Waals surface area contributed by atoms with E-state index in [2.05, 4.69) is 11.9 Å². The predicted octanol–water partition coefficient (Wildman–Crippen LogP) is 5.38. The number of hydrogen-bond acceptors (Lipinski definition) is 5. The largest absolute Gasteiger partial charge is 0.493 e. The highest BCUT2D eigenvalue weighted by Crippen LogP contribution is 2.38. The number of hydrogen-bond donors (Lipinski definition) is 1. The molecule has 31 heavy (non-hydrogen) atoms. The predicted molar refractivity (Wildman–Crippen MR) is 123 cm³/mol. The van der Waals surface area contributed by atoms with E-state index in [1.165, 1.54) is 12.8 Å². The second kappa shape index (κ2) is 10.5. The second-order valence-corrected chi connectivity index (χ2v) is 12.1. The minimum atomic E-state index is -3.95. The Morgan fingerprint density at radius 3 is 1.84 bits per heavy atom. The lowest BCUT2D eigenvalue weighted by Crippen LogP contribution is -2.37. The molecule has 1 aromatic heterocycles. The van der Waals surface area contributed by atoms with Crippen molar-refractivity contribution in [2.45, 2.75) is 132 Å². The lowest BCUT2D eigenvalue weighted by atomic mass is 9.89. The Balaban J connectivity index is 2.05. The van der Waals surface area contributed by atoms with E-state index in [0.29, 0.717) is 18.7 Å². The van der Waals surface area contributed by atoms with Crippen LogP contribution in [0.5, 0.6) is 5.88 Å². The molecule has 0 saturated heterocycles. The van der Waals surface area contributed by atoms with Gasteiger partial charge in [0, 0.05) is 5.54 Å². The summed E-state index contributed by atoms with van der Waals surface area (Å²) in [5, 5.41) is 10.7. The molecule has 1 aromatic rings. The molecular formula is C24H40N2O4S. The lowest BCUT2D eigenvalue weighted by molar-refractivity contribution is 0.215. The van der Waals surface area contributed by atoms with Crippen LogP contribution in [0.3, 0.4) is 0 Å². The fraction of sp³-hybridized carbons (Fsp3) is 0.833. The molecule has 2 aliphatic rings. The van der Waals surface area contributed by atoms with E-state index in [-0.39, 0.29) is 5.88 Å². The molecule has 176 valence electrons. The molecule has 2 aliphatic carbocycles. The van der Waals surface area contributed by atoms with Gasteiger partial charge in [-0.05, 0) is 39.5 Å². The maximum Gasteiger partial charge on any atom is 0.295 e. The second-order valence-electron chi connectivity index (χ2n) is 9.94. The van der Waals surface area contributed by atoms with Crippen LogP contribution in [0, 0.1) is 6.92 Å². The molecule has 0 aromatic carbocycles. The van der Waals surface area contributed by atoms with Gasteiger partial charge in [-0.25, -0.2) is 8.42 Å². The molecule has 6 nitrogen and oxygen atoms in total. The average Bonchev–Trinajstić information content (AvgIpc) is 2.89. The first kappa shape index (κ1) is 24.3. The van der Waals surface area contributed by atoms with E-state index in [9.17, 15) is 18.3 Å². The molecule has 0 bridgehead atoms. The van der Waals surface area contributed by atoms with Crippen molar-refractivity contribution >= 4 is 9.84 Å². The van der Waals surface area contributed by atoms with Crippen LogP contribution in [0.4, 0.5) is 0 Å². The molecule has 0 aliphatic heterocycles. The SMILES string of the molecule is Cc1nc(=O)c(S(=O)(=O)C2CCCCCCCC2)c(O)n1C1(C)CCCCCCCC1. The van der Waals surface area contributed by atoms with Crippen molar-refractivity contribution in [2.75, 3.05) is 0 Å². The van der Waals surface area contributed by atoms with Crippen LogP contribution in [0.15, 0.2) is 9.69 Å². The molecular weight excluding hydrogens is 412 g/mol. The molecule has 0 spiro atoms. The Kier molecular flexibility index (Phi) is 8.22. The van der Waals surface area contributed by atoms with Crippen LogP contribution in [0.1, 0.15) is 115 Å². The zero-order valence-corrected chi connectivity index (χ0v) is 20.2. The van der Waals surface area contributed by atoms with E-state index >= 15 is 0 Å². The van der Waals surface area contributed by atoms with Gasteiger partial charge < -0.3 is 5.11 Å². The third-order valence-electron chi connectivity index (χ3n) is 7.44. The maximum absolute atomic E-state index is 13.6. The average molecular weight is 453 g/mol. The van der Waals surface area contributed by atoms with Gasteiger partial charge in [-0.2, -0.15) is 4.98 Å². The van der Waals surface area contributed by atoms with Crippen LogP contribution in [-0.2, 0) is 15.4 Å². The zero-order chi connectivity index (χ0) is 22.5. The Hall–Kier alpha value is -1.37. The van der Waals surface area contributed by atoms with E-state index in [1.54, 1.807) is 11.5 Å². The van der Waals surface area contributed by atoms with Gasteiger partial charge in [0.25, 0.3) is 5.56 Å². The maximum atomic E-state index is 13.6. The Morgan fingerprint density at radius 2 is 1.32 bits per heavy atom. The lowest BCUT2D eigenvalue weighted by Gasteiger charge is -2.35. The summed E-state index contributed by atoms with van der Waals surface area (Å²) in [4.78, 5) is 16.5. The van der Waals surface area contributed by atoms with E-state index in [4.69, 9.17) is 0 Å². The molecule has 1 N–H and O–H groups in total. The normalized spacial score (nSPS) is 22.4. The molecule has 0 radical (unpaired) electrons. The van der Waals surface area contributed by atoms with E-state index in [0.717, 1.165) is 77.0 Å². The van der Waals surface area contributed by atoms with Gasteiger partial charge in [0.05, 0.1) is 5.25 Å². The van der Waals surface area contributed by atoms with Gasteiger partial charge in [0.15, 0.2) is 14.7 Å². The number of rotatable bonds is 3. The van der Waals surface area contributed by atoms with Gasteiger partial charge in [-0.15, -0.1) is 0 Å². The first-order chi connectivity index (χ1) is 14.8. The van der Waals surface area contributed by atoms with Gasteiger partial charge >= 0.3 is 0 Å².